The van der Waals surface area contributed by atoms with Crippen LogP contribution >= 0.6 is 0 Å². The number of hydrogen-bond donors (Lipinski definition) is 4. The number of nitrogens with one attached hydrogen (secondary N) is 2. The van der Waals surface area contributed by atoms with Crippen molar-refractivity contribution in [3.63, 3.8) is 0 Å². The number of fused-ring (bicyclic) bond motifs is 1. The van der Waals surface area contributed by atoms with Crippen LogP contribution in [-0.2, 0) is 16.9 Å². The number of carbonyl (C=O) groups excluding carboxylic acids is 2. The predicted octanol–water partition coefficient (Wildman–Crippen LogP) is 2.07. The molecule has 1 aliphatic rings. The Morgan fingerprint density at radius 2 is 1.78 bits per heavy atom. The molecule has 1 aliphatic heterocycles. The van der Waals surface area contributed by atoms with Gasteiger partial charge in [0.15, 0.2) is 23.0 Å². The summed E-state index contributed by atoms with van der Waals surface area (Å²) in [7, 11) is 0. The van der Waals surface area contributed by atoms with Gasteiger partial charge in [-0.05, 0) is 29.8 Å². The van der Waals surface area contributed by atoms with Crippen LogP contribution in [0.2, 0.25) is 0 Å². The van der Waals surface area contributed by atoms with Crippen LogP contribution in [0.3, 0.4) is 0 Å². The van der Waals surface area contributed by atoms with Crippen LogP contribution in [0.1, 0.15) is 5.56 Å². The Morgan fingerprint density at radius 3 is 2.41 bits per heavy atom. The van der Waals surface area contributed by atoms with Crippen LogP contribution in [0.15, 0.2) is 42.6 Å². The third-order valence-corrected chi connectivity index (χ3v) is 4.61. The maximum Gasteiger partial charge on any atom is 0.322 e. The highest BCUT2D eigenvalue weighted by molar-refractivity contribution is 6.07. The van der Waals surface area contributed by atoms with Gasteiger partial charge in [0.1, 0.15) is 5.82 Å². The first-order valence-electron chi connectivity index (χ1n) is 7.90. The molecule has 1 atom stereocenters. The molecule has 138 valence electrons. The summed E-state index contributed by atoms with van der Waals surface area (Å²) in [5.74, 6) is -3.03. The van der Waals surface area contributed by atoms with Crippen LogP contribution in [-0.4, -0.2) is 26.7 Å². The number of phenolic OH excluding ortho intramolecular Hbond substituents is 1. The van der Waals surface area contributed by atoms with Gasteiger partial charge in [0.2, 0.25) is 0 Å². The number of aromatic nitrogens is 1. The molecule has 2 heterocycles. The minimum atomic E-state index is -1.60. The number of rotatable bonds is 3. The minimum Gasteiger partial charge on any atom is -0.505 e. The van der Waals surface area contributed by atoms with Crippen molar-refractivity contribution in [3.8, 4) is 11.6 Å². The van der Waals surface area contributed by atoms with Crippen LogP contribution in [0.4, 0.5) is 13.6 Å². The highest BCUT2D eigenvalue weighted by Gasteiger charge is 2.48. The van der Waals surface area contributed by atoms with Gasteiger partial charge < -0.3 is 20.1 Å². The predicted molar refractivity (Wildman–Crippen MR) is 90.0 cm³/mol. The van der Waals surface area contributed by atoms with E-state index >= 15 is 0 Å². The number of benzene rings is 2. The number of carbonyl (C=O) groups is 2. The molecule has 7 nitrogen and oxygen atoms in total. The molecule has 27 heavy (non-hydrogen) atoms. The summed E-state index contributed by atoms with van der Waals surface area (Å²) in [6, 6.07) is 6.37. The van der Waals surface area contributed by atoms with Gasteiger partial charge >= 0.3 is 6.03 Å². The normalized spacial score (nSPS) is 19.3. The molecular weight excluding hydrogens is 360 g/mol. The molecule has 1 fully saturated rings. The van der Waals surface area contributed by atoms with E-state index in [0.29, 0.717) is 10.9 Å². The lowest BCUT2D eigenvalue weighted by Gasteiger charge is -2.27. The van der Waals surface area contributed by atoms with E-state index in [9.17, 15) is 28.6 Å². The lowest BCUT2D eigenvalue weighted by molar-refractivity contribution is -0.124. The number of hydrogen-bond acceptors (Lipinski definition) is 4. The number of aromatic hydroxyl groups is 2. The summed E-state index contributed by atoms with van der Waals surface area (Å²) in [5.41, 5.74) is -1.30. The summed E-state index contributed by atoms with van der Waals surface area (Å²) >= 11 is 0. The Bertz CT molecular complexity index is 1090. The zero-order valence-electron chi connectivity index (χ0n) is 13.7. The molecule has 3 amide bonds. The SMILES string of the molecule is O=C1NC(=O)C(Cn2cc3cc(O)c(F)cc3c2O)(c2ccc(F)cc2)N1. The number of phenols is 1. The van der Waals surface area contributed by atoms with E-state index in [0.717, 1.165) is 24.3 Å². The fourth-order valence-electron chi connectivity index (χ4n) is 3.27. The summed E-state index contributed by atoms with van der Waals surface area (Å²) in [4.78, 5) is 24.3. The number of nitrogens with zero attached hydrogens (tertiary/aromatic N) is 1. The van der Waals surface area contributed by atoms with Crippen molar-refractivity contribution in [1.82, 2.24) is 15.2 Å². The average molecular weight is 373 g/mol. The molecule has 1 saturated heterocycles. The van der Waals surface area contributed by atoms with Gasteiger partial charge in [-0.25, -0.2) is 13.6 Å². The maximum absolute atomic E-state index is 13.6. The quantitative estimate of drug-likeness (QED) is 0.528. The van der Waals surface area contributed by atoms with Gasteiger partial charge in [0.05, 0.1) is 6.54 Å². The van der Waals surface area contributed by atoms with E-state index in [2.05, 4.69) is 10.6 Å². The Hall–Kier alpha value is -3.62. The Labute approximate surface area is 150 Å². The standard InChI is InChI=1S/C18H13F2N3O4/c19-11-3-1-10(2-4-11)18(16(26)21-17(27)22-18)8-23-7-9-5-14(24)13(20)6-12(9)15(23)25/h1-7,24-25H,8H2,(H2,21,22,26,27). The molecule has 1 aromatic heterocycles. The average Bonchev–Trinajstić information content (AvgIpc) is 3.06. The highest BCUT2D eigenvalue weighted by Crippen LogP contribution is 2.35. The molecule has 4 N–H and O–H groups in total. The number of halogens is 2. The second-order valence-corrected chi connectivity index (χ2v) is 6.29. The smallest absolute Gasteiger partial charge is 0.322 e. The Kier molecular flexibility index (Phi) is 3.55. The first-order chi connectivity index (χ1) is 12.8. The van der Waals surface area contributed by atoms with Crippen LogP contribution in [0, 0.1) is 11.6 Å². The van der Waals surface area contributed by atoms with Crippen LogP contribution in [0.5, 0.6) is 11.6 Å². The van der Waals surface area contributed by atoms with E-state index in [-0.39, 0.29) is 17.8 Å². The molecule has 0 aliphatic carbocycles. The first kappa shape index (κ1) is 16.8. The van der Waals surface area contributed by atoms with E-state index < -0.39 is 34.9 Å². The second-order valence-electron chi connectivity index (χ2n) is 6.29. The molecule has 3 aromatic rings. The molecule has 9 heteroatoms. The van der Waals surface area contributed by atoms with Crippen molar-refractivity contribution in [1.29, 1.82) is 0 Å². The maximum atomic E-state index is 13.6. The summed E-state index contributed by atoms with van der Waals surface area (Å²) in [6.45, 7) is -0.237. The second kappa shape index (κ2) is 5.70. The summed E-state index contributed by atoms with van der Waals surface area (Å²) in [5, 5.41) is 25.1. The van der Waals surface area contributed by atoms with Crippen LogP contribution < -0.4 is 10.6 Å². The molecule has 2 aromatic carbocycles. The van der Waals surface area contributed by atoms with Crippen LogP contribution in [0.25, 0.3) is 10.8 Å². The monoisotopic (exact) mass is 373 g/mol. The topological polar surface area (TPSA) is 104 Å². The van der Waals surface area contributed by atoms with Crippen molar-refractivity contribution in [2.24, 2.45) is 0 Å². The molecular formula is C18H13F2N3O4. The van der Waals surface area contributed by atoms with E-state index in [1.54, 1.807) is 0 Å². The Balaban J connectivity index is 1.85. The van der Waals surface area contributed by atoms with E-state index in [1.165, 1.54) is 22.9 Å². The number of imide groups is 1. The largest absolute Gasteiger partial charge is 0.505 e. The zero-order valence-corrected chi connectivity index (χ0v) is 13.7. The molecule has 4 rings (SSSR count). The van der Waals surface area contributed by atoms with Gasteiger partial charge in [0, 0.05) is 17.0 Å². The number of amides is 3. The van der Waals surface area contributed by atoms with Crippen molar-refractivity contribution >= 4 is 22.7 Å². The third kappa shape index (κ3) is 2.55. The molecule has 0 spiro atoms. The molecule has 0 saturated carbocycles. The van der Waals surface area contributed by atoms with Crippen molar-refractivity contribution in [3.05, 3.63) is 59.8 Å². The third-order valence-electron chi connectivity index (χ3n) is 4.61. The summed E-state index contributed by atoms with van der Waals surface area (Å²) in [6.07, 6.45) is 1.41. The Morgan fingerprint density at radius 1 is 1.07 bits per heavy atom. The van der Waals surface area contributed by atoms with Gasteiger partial charge in [0.25, 0.3) is 5.91 Å². The fourth-order valence-corrected chi connectivity index (χ4v) is 3.27. The van der Waals surface area contributed by atoms with Gasteiger partial charge in [-0.15, -0.1) is 0 Å². The molecule has 0 bridgehead atoms. The molecule has 0 radical (unpaired) electrons. The molecule has 1 unspecified atom stereocenters. The highest BCUT2D eigenvalue weighted by atomic mass is 19.1. The zero-order chi connectivity index (χ0) is 19.3. The van der Waals surface area contributed by atoms with Crippen molar-refractivity contribution in [2.45, 2.75) is 12.1 Å². The van der Waals surface area contributed by atoms with Gasteiger partial charge in [-0.1, -0.05) is 12.1 Å². The van der Waals surface area contributed by atoms with Crippen molar-refractivity contribution in [2.75, 3.05) is 0 Å². The van der Waals surface area contributed by atoms with Gasteiger partial charge in [-0.2, -0.15) is 0 Å². The van der Waals surface area contributed by atoms with E-state index in [1.807, 2.05) is 0 Å². The van der Waals surface area contributed by atoms with Gasteiger partial charge in [-0.3, -0.25) is 10.1 Å². The lowest BCUT2D eigenvalue weighted by atomic mass is 9.89. The number of urea groups is 1. The lowest BCUT2D eigenvalue weighted by Crippen LogP contribution is -2.47. The summed E-state index contributed by atoms with van der Waals surface area (Å²) < 4.78 is 28.1. The first-order valence-corrected chi connectivity index (χ1v) is 7.90. The fraction of sp³-hybridized carbons (Fsp3) is 0.111. The van der Waals surface area contributed by atoms with E-state index in [4.69, 9.17) is 0 Å². The van der Waals surface area contributed by atoms with Crippen molar-refractivity contribution < 1.29 is 28.6 Å². The minimum absolute atomic E-state index is 0.129.